The fraction of sp³-hybridized carbons (Fsp3) is 0.364. The van der Waals surface area contributed by atoms with E-state index in [0.29, 0.717) is 31.0 Å². The number of likely N-dealkylation sites (N-methyl/N-ethyl adjacent to an activating group) is 1. The highest BCUT2D eigenvalue weighted by Crippen LogP contribution is 2.14. The van der Waals surface area contributed by atoms with Gasteiger partial charge < -0.3 is 10.2 Å². The summed E-state index contributed by atoms with van der Waals surface area (Å²) in [6.45, 7) is 4.87. The van der Waals surface area contributed by atoms with Crippen molar-refractivity contribution < 1.29 is 9.59 Å². The van der Waals surface area contributed by atoms with Gasteiger partial charge in [-0.3, -0.25) is 9.59 Å². The lowest BCUT2D eigenvalue weighted by Gasteiger charge is -2.30. The van der Waals surface area contributed by atoms with Gasteiger partial charge in [0.05, 0.1) is 6.42 Å². The van der Waals surface area contributed by atoms with Crippen LogP contribution < -0.4 is 5.32 Å². The van der Waals surface area contributed by atoms with Crippen molar-refractivity contribution in [3.8, 4) is 0 Å². The van der Waals surface area contributed by atoms with Gasteiger partial charge in [-0.05, 0) is 43.0 Å². The molecule has 0 bridgehead atoms. The minimum atomic E-state index is -0.464. The summed E-state index contributed by atoms with van der Waals surface area (Å²) in [5.74, 6) is -0.149. The van der Waals surface area contributed by atoms with Gasteiger partial charge in [-0.15, -0.1) is 0 Å². The van der Waals surface area contributed by atoms with E-state index in [9.17, 15) is 9.59 Å². The van der Waals surface area contributed by atoms with Crippen molar-refractivity contribution in [3.05, 3.63) is 70.7 Å². The Morgan fingerprint density at radius 1 is 1.00 bits per heavy atom. The summed E-state index contributed by atoms with van der Waals surface area (Å²) in [7, 11) is 0. The molecular formula is C22H27ClN2O2. The highest BCUT2D eigenvalue weighted by Gasteiger charge is 2.27. The Morgan fingerprint density at radius 2 is 1.67 bits per heavy atom. The SMILES string of the molecule is CCNC(=O)C(CC)N(CCc1ccccc1)C(=O)Cc1ccc(Cl)cc1. The standard InChI is InChI=1S/C22H27ClN2O2/c1-3-20(22(27)24-4-2)25(15-14-17-8-6-5-7-9-17)21(26)16-18-10-12-19(23)13-11-18/h5-13,20H,3-4,14-16H2,1-2H3,(H,24,27). The van der Waals surface area contributed by atoms with E-state index >= 15 is 0 Å². The molecule has 0 aliphatic heterocycles. The van der Waals surface area contributed by atoms with Gasteiger partial charge in [-0.25, -0.2) is 0 Å². The molecular weight excluding hydrogens is 360 g/mol. The van der Waals surface area contributed by atoms with Crippen LogP contribution in [-0.4, -0.2) is 35.8 Å². The van der Waals surface area contributed by atoms with Gasteiger partial charge in [0, 0.05) is 18.1 Å². The number of amides is 2. The third kappa shape index (κ3) is 6.40. The largest absolute Gasteiger partial charge is 0.355 e. The van der Waals surface area contributed by atoms with E-state index in [0.717, 1.165) is 11.1 Å². The summed E-state index contributed by atoms with van der Waals surface area (Å²) in [5, 5.41) is 3.49. The Bertz CT molecular complexity index is 732. The Balaban J connectivity index is 2.16. The van der Waals surface area contributed by atoms with Crippen LogP contribution in [-0.2, 0) is 22.4 Å². The van der Waals surface area contributed by atoms with Crippen LogP contribution in [0, 0.1) is 0 Å². The number of rotatable bonds is 9. The maximum Gasteiger partial charge on any atom is 0.242 e. The second-order valence-corrected chi connectivity index (χ2v) is 6.88. The number of carbonyl (C=O) groups is 2. The molecule has 4 nitrogen and oxygen atoms in total. The minimum Gasteiger partial charge on any atom is -0.355 e. The molecule has 0 aliphatic rings. The molecule has 2 aromatic rings. The van der Waals surface area contributed by atoms with Crippen molar-refractivity contribution in [2.24, 2.45) is 0 Å². The first-order chi connectivity index (χ1) is 13.0. The Labute approximate surface area is 166 Å². The number of nitrogens with zero attached hydrogens (tertiary/aromatic N) is 1. The highest BCUT2D eigenvalue weighted by molar-refractivity contribution is 6.30. The fourth-order valence-corrected chi connectivity index (χ4v) is 3.19. The summed E-state index contributed by atoms with van der Waals surface area (Å²) in [4.78, 5) is 27.3. The quantitative estimate of drug-likeness (QED) is 0.711. The normalized spacial score (nSPS) is 11.7. The van der Waals surface area contributed by atoms with Crippen LogP contribution in [0.3, 0.4) is 0 Å². The molecule has 0 heterocycles. The maximum absolute atomic E-state index is 13.0. The number of halogens is 1. The van der Waals surface area contributed by atoms with Gasteiger partial charge in [-0.2, -0.15) is 0 Å². The van der Waals surface area contributed by atoms with Crippen LogP contribution in [0.4, 0.5) is 0 Å². The van der Waals surface area contributed by atoms with E-state index < -0.39 is 6.04 Å². The zero-order valence-electron chi connectivity index (χ0n) is 16.0. The molecule has 27 heavy (non-hydrogen) atoms. The van der Waals surface area contributed by atoms with Crippen molar-refractivity contribution in [3.63, 3.8) is 0 Å². The third-order valence-corrected chi connectivity index (χ3v) is 4.74. The molecule has 1 atom stereocenters. The molecule has 0 aromatic heterocycles. The second-order valence-electron chi connectivity index (χ2n) is 6.44. The number of benzene rings is 2. The Morgan fingerprint density at radius 3 is 2.26 bits per heavy atom. The van der Waals surface area contributed by atoms with Crippen LogP contribution in [0.25, 0.3) is 0 Å². The second kappa shape index (κ2) is 10.7. The number of nitrogens with one attached hydrogen (secondary N) is 1. The van der Waals surface area contributed by atoms with Crippen LogP contribution in [0.1, 0.15) is 31.4 Å². The predicted molar refractivity (Wildman–Crippen MR) is 110 cm³/mol. The average Bonchev–Trinajstić information content (AvgIpc) is 2.67. The molecule has 0 saturated heterocycles. The van der Waals surface area contributed by atoms with Gasteiger partial charge in [-0.1, -0.05) is 61.0 Å². The molecule has 5 heteroatoms. The summed E-state index contributed by atoms with van der Waals surface area (Å²) < 4.78 is 0. The van der Waals surface area contributed by atoms with Gasteiger partial charge >= 0.3 is 0 Å². The van der Waals surface area contributed by atoms with Crippen molar-refractivity contribution in [1.29, 1.82) is 0 Å². The topological polar surface area (TPSA) is 49.4 Å². The Kier molecular flexibility index (Phi) is 8.34. The predicted octanol–water partition coefficient (Wildman–Crippen LogP) is 3.87. The molecule has 2 aromatic carbocycles. The lowest BCUT2D eigenvalue weighted by atomic mass is 10.1. The zero-order chi connectivity index (χ0) is 19.6. The van der Waals surface area contributed by atoms with Crippen molar-refractivity contribution in [2.45, 2.75) is 39.2 Å². The van der Waals surface area contributed by atoms with Crippen LogP contribution in [0.15, 0.2) is 54.6 Å². The number of carbonyl (C=O) groups excluding carboxylic acids is 2. The number of hydrogen-bond acceptors (Lipinski definition) is 2. The van der Waals surface area contributed by atoms with E-state index in [1.807, 2.05) is 56.3 Å². The molecule has 1 unspecified atom stereocenters. The highest BCUT2D eigenvalue weighted by atomic mass is 35.5. The van der Waals surface area contributed by atoms with Crippen LogP contribution in [0.2, 0.25) is 5.02 Å². The van der Waals surface area contributed by atoms with Crippen LogP contribution >= 0.6 is 11.6 Å². The Hall–Kier alpha value is -2.33. The van der Waals surface area contributed by atoms with E-state index in [2.05, 4.69) is 5.32 Å². The molecule has 0 radical (unpaired) electrons. The van der Waals surface area contributed by atoms with Gasteiger partial charge in [0.2, 0.25) is 11.8 Å². The molecule has 0 saturated carbocycles. The van der Waals surface area contributed by atoms with E-state index in [-0.39, 0.29) is 18.2 Å². The molecule has 0 spiro atoms. The molecule has 2 rings (SSSR count). The number of hydrogen-bond donors (Lipinski definition) is 1. The summed E-state index contributed by atoms with van der Waals surface area (Å²) >= 11 is 5.93. The van der Waals surface area contributed by atoms with Gasteiger partial charge in [0.15, 0.2) is 0 Å². The van der Waals surface area contributed by atoms with Crippen molar-refractivity contribution >= 4 is 23.4 Å². The molecule has 0 aliphatic carbocycles. The van der Waals surface area contributed by atoms with E-state index in [1.165, 1.54) is 0 Å². The third-order valence-electron chi connectivity index (χ3n) is 4.49. The van der Waals surface area contributed by atoms with E-state index in [1.54, 1.807) is 17.0 Å². The van der Waals surface area contributed by atoms with Crippen LogP contribution in [0.5, 0.6) is 0 Å². The first kappa shape index (κ1) is 21.0. The lowest BCUT2D eigenvalue weighted by molar-refractivity contribution is -0.140. The summed E-state index contributed by atoms with van der Waals surface area (Å²) in [6, 6.07) is 16.8. The maximum atomic E-state index is 13.0. The van der Waals surface area contributed by atoms with Gasteiger partial charge in [0.1, 0.15) is 6.04 Å². The molecule has 1 N–H and O–H groups in total. The summed E-state index contributed by atoms with van der Waals surface area (Å²) in [5.41, 5.74) is 2.03. The smallest absolute Gasteiger partial charge is 0.242 e. The molecule has 2 amide bonds. The summed E-state index contributed by atoms with van der Waals surface area (Å²) in [6.07, 6.45) is 1.54. The van der Waals surface area contributed by atoms with Crippen molar-refractivity contribution in [2.75, 3.05) is 13.1 Å². The monoisotopic (exact) mass is 386 g/mol. The van der Waals surface area contributed by atoms with Gasteiger partial charge in [0.25, 0.3) is 0 Å². The fourth-order valence-electron chi connectivity index (χ4n) is 3.07. The lowest BCUT2D eigenvalue weighted by Crippen LogP contribution is -2.50. The average molecular weight is 387 g/mol. The first-order valence-electron chi connectivity index (χ1n) is 9.40. The minimum absolute atomic E-state index is 0.0497. The molecule has 0 fully saturated rings. The van der Waals surface area contributed by atoms with E-state index in [4.69, 9.17) is 11.6 Å². The molecule has 144 valence electrons. The zero-order valence-corrected chi connectivity index (χ0v) is 16.7. The first-order valence-corrected chi connectivity index (χ1v) is 9.78. The van der Waals surface area contributed by atoms with Crippen molar-refractivity contribution in [1.82, 2.24) is 10.2 Å².